The van der Waals surface area contributed by atoms with E-state index in [1.54, 1.807) is 43.5 Å². The molecule has 0 aliphatic rings. The monoisotopic (exact) mass is 404 g/mol. The Balaban J connectivity index is 1.53. The second kappa shape index (κ2) is 8.20. The van der Waals surface area contributed by atoms with Gasteiger partial charge in [-0.1, -0.05) is 35.9 Å². The van der Waals surface area contributed by atoms with Crippen LogP contribution in [0.15, 0.2) is 77.2 Å². The summed E-state index contributed by atoms with van der Waals surface area (Å²) in [6.07, 6.45) is 3.19. The van der Waals surface area contributed by atoms with E-state index in [1.165, 1.54) is 6.08 Å². The average Bonchev–Trinajstić information content (AvgIpc) is 3.16. The fraction of sp³-hybridized carbons (Fsp3) is 0.0435. The Hall–Kier alpha value is -3.57. The number of oxazole rings is 1. The molecule has 6 heteroatoms. The molecule has 0 fully saturated rings. The predicted octanol–water partition coefficient (Wildman–Crippen LogP) is 5.81. The van der Waals surface area contributed by atoms with Crippen LogP contribution in [0.3, 0.4) is 0 Å². The standard InChI is InChI=1S/C23H17ClN2O3/c1-28-20-5-3-2-4-18(20)23-26-19-12-11-17(14-21(19)29-23)25-22(27)13-8-15-6-9-16(24)10-7-15/h2-14H,1H3,(H,25,27)/b13-8+. The third-order valence-electron chi connectivity index (χ3n) is 4.29. The van der Waals surface area contributed by atoms with Crippen molar-refractivity contribution in [3.8, 4) is 17.2 Å². The van der Waals surface area contributed by atoms with Gasteiger partial charge in [0.05, 0.1) is 12.7 Å². The highest BCUT2D eigenvalue weighted by atomic mass is 35.5. The normalized spacial score (nSPS) is 11.1. The van der Waals surface area contributed by atoms with Gasteiger partial charge in [0.15, 0.2) is 5.58 Å². The summed E-state index contributed by atoms with van der Waals surface area (Å²) in [4.78, 5) is 16.7. The van der Waals surface area contributed by atoms with Crippen LogP contribution in [0.2, 0.25) is 5.02 Å². The van der Waals surface area contributed by atoms with Crippen molar-refractivity contribution >= 4 is 40.4 Å². The Morgan fingerprint density at radius 3 is 2.69 bits per heavy atom. The molecule has 4 aromatic rings. The molecule has 0 aliphatic heterocycles. The molecule has 0 aliphatic carbocycles. The maximum atomic E-state index is 12.2. The number of aromatic nitrogens is 1. The first-order valence-electron chi connectivity index (χ1n) is 8.91. The predicted molar refractivity (Wildman–Crippen MR) is 115 cm³/mol. The van der Waals surface area contributed by atoms with E-state index in [-0.39, 0.29) is 5.91 Å². The molecule has 0 radical (unpaired) electrons. The van der Waals surface area contributed by atoms with Gasteiger partial charge in [0.2, 0.25) is 11.8 Å². The Kier molecular flexibility index (Phi) is 5.31. The lowest BCUT2D eigenvalue weighted by atomic mass is 10.2. The van der Waals surface area contributed by atoms with E-state index in [0.29, 0.717) is 33.4 Å². The topological polar surface area (TPSA) is 64.4 Å². The average molecular weight is 405 g/mol. The molecular weight excluding hydrogens is 388 g/mol. The quantitative estimate of drug-likeness (QED) is 0.426. The van der Waals surface area contributed by atoms with Crippen LogP contribution in [0.4, 0.5) is 5.69 Å². The number of nitrogens with zero attached hydrogens (tertiary/aromatic N) is 1. The highest BCUT2D eigenvalue weighted by molar-refractivity contribution is 6.30. The van der Waals surface area contributed by atoms with Gasteiger partial charge in [-0.25, -0.2) is 4.98 Å². The summed E-state index contributed by atoms with van der Waals surface area (Å²) < 4.78 is 11.3. The molecule has 29 heavy (non-hydrogen) atoms. The number of amides is 1. The van der Waals surface area contributed by atoms with E-state index in [1.807, 2.05) is 36.4 Å². The fourth-order valence-corrected chi connectivity index (χ4v) is 2.99. The number of methoxy groups -OCH3 is 1. The number of fused-ring (bicyclic) bond motifs is 1. The largest absolute Gasteiger partial charge is 0.496 e. The molecule has 0 atom stereocenters. The van der Waals surface area contributed by atoms with Crippen LogP contribution < -0.4 is 10.1 Å². The van der Waals surface area contributed by atoms with Gasteiger partial charge in [0.25, 0.3) is 0 Å². The van der Waals surface area contributed by atoms with Crippen LogP contribution in [-0.4, -0.2) is 18.0 Å². The lowest BCUT2D eigenvalue weighted by Gasteiger charge is -2.03. The molecule has 144 valence electrons. The molecule has 0 spiro atoms. The minimum atomic E-state index is -0.247. The lowest BCUT2D eigenvalue weighted by Crippen LogP contribution is -2.07. The van der Waals surface area contributed by atoms with Crippen molar-refractivity contribution in [3.05, 3.63) is 83.4 Å². The van der Waals surface area contributed by atoms with E-state index < -0.39 is 0 Å². The van der Waals surface area contributed by atoms with E-state index in [0.717, 1.165) is 11.1 Å². The summed E-state index contributed by atoms with van der Waals surface area (Å²) in [7, 11) is 1.60. The molecule has 3 aromatic carbocycles. The van der Waals surface area contributed by atoms with Crippen molar-refractivity contribution in [2.45, 2.75) is 0 Å². The number of carbonyl (C=O) groups excluding carboxylic acids is 1. The van der Waals surface area contributed by atoms with Gasteiger partial charge >= 0.3 is 0 Å². The first-order valence-corrected chi connectivity index (χ1v) is 9.29. The number of halogens is 1. The Morgan fingerprint density at radius 1 is 1.10 bits per heavy atom. The number of para-hydroxylation sites is 1. The number of hydrogen-bond acceptors (Lipinski definition) is 4. The number of anilines is 1. The number of carbonyl (C=O) groups is 1. The zero-order valence-electron chi connectivity index (χ0n) is 15.6. The highest BCUT2D eigenvalue weighted by Gasteiger charge is 2.13. The van der Waals surface area contributed by atoms with Gasteiger partial charge in [0, 0.05) is 22.9 Å². The van der Waals surface area contributed by atoms with E-state index in [4.69, 9.17) is 20.8 Å². The summed E-state index contributed by atoms with van der Waals surface area (Å²) in [6.45, 7) is 0. The number of hydrogen-bond donors (Lipinski definition) is 1. The number of ether oxygens (including phenoxy) is 1. The van der Waals surface area contributed by atoms with Crippen LogP contribution in [-0.2, 0) is 4.79 Å². The summed E-state index contributed by atoms with van der Waals surface area (Å²) >= 11 is 5.86. The van der Waals surface area contributed by atoms with Gasteiger partial charge in [-0.15, -0.1) is 0 Å². The third-order valence-corrected chi connectivity index (χ3v) is 4.54. The fourth-order valence-electron chi connectivity index (χ4n) is 2.87. The SMILES string of the molecule is COc1ccccc1-c1nc2ccc(NC(=O)/C=C/c3ccc(Cl)cc3)cc2o1. The van der Waals surface area contributed by atoms with Gasteiger partial charge in [-0.2, -0.15) is 0 Å². The van der Waals surface area contributed by atoms with Crippen molar-refractivity contribution in [1.82, 2.24) is 4.98 Å². The van der Waals surface area contributed by atoms with E-state index in [9.17, 15) is 4.79 Å². The number of benzene rings is 3. The first kappa shape index (κ1) is 18.8. The lowest BCUT2D eigenvalue weighted by molar-refractivity contribution is -0.111. The van der Waals surface area contributed by atoms with Gasteiger partial charge in [0.1, 0.15) is 11.3 Å². The van der Waals surface area contributed by atoms with Crippen molar-refractivity contribution in [2.24, 2.45) is 0 Å². The molecule has 4 rings (SSSR count). The summed E-state index contributed by atoms with van der Waals surface area (Å²) in [6, 6.07) is 20.1. The molecule has 1 amide bonds. The van der Waals surface area contributed by atoms with Crippen LogP contribution in [0.5, 0.6) is 5.75 Å². The number of nitrogens with one attached hydrogen (secondary N) is 1. The molecule has 0 unspecified atom stereocenters. The molecule has 5 nitrogen and oxygen atoms in total. The molecule has 0 saturated heterocycles. The van der Waals surface area contributed by atoms with Gasteiger partial charge < -0.3 is 14.5 Å². The Bertz CT molecular complexity index is 1200. The molecule has 0 saturated carbocycles. The summed E-state index contributed by atoms with van der Waals surface area (Å²) in [5.74, 6) is 0.896. The smallest absolute Gasteiger partial charge is 0.248 e. The van der Waals surface area contributed by atoms with Crippen LogP contribution >= 0.6 is 11.6 Å². The van der Waals surface area contributed by atoms with E-state index in [2.05, 4.69) is 10.3 Å². The molecule has 1 N–H and O–H groups in total. The minimum Gasteiger partial charge on any atom is -0.496 e. The molecule has 1 heterocycles. The maximum absolute atomic E-state index is 12.2. The highest BCUT2D eigenvalue weighted by Crippen LogP contribution is 2.32. The van der Waals surface area contributed by atoms with Crippen LogP contribution in [0.25, 0.3) is 28.6 Å². The van der Waals surface area contributed by atoms with Crippen LogP contribution in [0.1, 0.15) is 5.56 Å². The Labute approximate surface area is 172 Å². The van der Waals surface area contributed by atoms with Crippen molar-refractivity contribution < 1.29 is 13.9 Å². The van der Waals surface area contributed by atoms with Crippen LogP contribution in [0, 0.1) is 0 Å². The van der Waals surface area contributed by atoms with Gasteiger partial charge in [-0.05, 0) is 48.0 Å². The zero-order valence-corrected chi connectivity index (χ0v) is 16.3. The third kappa shape index (κ3) is 4.31. The van der Waals surface area contributed by atoms with Crippen molar-refractivity contribution in [1.29, 1.82) is 0 Å². The zero-order chi connectivity index (χ0) is 20.2. The first-order chi connectivity index (χ1) is 14.1. The molecular formula is C23H17ClN2O3. The van der Waals surface area contributed by atoms with E-state index >= 15 is 0 Å². The van der Waals surface area contributed by atoms with Crippen molar-refractivity contribution in [3.63, 3.8) is 0 Å². The minimum absolute atomic E-state index is 0.247. The second-order valence-corrected chi connectivity index (χ2v) is 6.71. The number of rotatable bonds is 5. The summed E-state index contributed by atoms with van der Waals surface area (Å²) in [5.41, 5.74) is 3.54. The summed E-state index contributed by atoms with van der Waals surface area (Å²) in [5, 5.41) is 3.48. The van der Waals surface area contributed by atoms with Gasteiger partial charge in [-0.3, -0.25) is 4.79 Å². The second-order valence-electron chi connectivity index (χ2n) is 6.28. The van der Waals surface area contributed by atoms with Crippen molar-refractivity contribution in [2.75, 3.05) is 12.4 Å². The molecule has 0 bridgehead atoms. The Morgan fingerprint density at radius 2 is 1.90 bits per heavy atom. The molecule has 1 aromatic heterocycles. The maximum Gasteiger partial charge on any atom is 0.248 e.